The Labute approximate surface area is 69.4 Å². The average molecular weight is 156 g/mol. The molecule has 0 aromatic rings. The molecule has 0 aliphatic heterocycles. The lowest BCUT2D eigenvalue weighted by Crippen LogP contribution is -2.21. The number of hydrogen-bond acceptors (Lipinski definition) is 2. The Kier molecular flexibility index (Phi) is 5.99. The van der Waals surface area contributed by atoms with Gasteiger partial charge in [0.15, 0.2) is 0 Å². The molecule has 0 radical (unpaired) electrons. The van der Waals surface area contributed by atoms with Crippen LogP contribution in [0.5, 0.6) is 0 Å². The van der Waals surface area contributed by atoms with Gasteiger partial charge >= 0.3 is 0 Å². The van der Waals surface area contributed by atoms with Crippen molar-refractivity contribution in [3.63, 3.8) is 0 Å². The van der Waals surface area contributed by atoms with Crippen LogP contribution < -0.4 is 0 Å². The van der Waals surface area contributed by atoms with E-state index >= 15 is 0 Å². The third kappa shape index (κ3) is 4.88. The lowest BCUT2D eigenvalue weighted by atomic mass is 9.49. The fourth-order valence-corrected chi connectivity index (χ4v) is 1.02. The minimum Gasteiger partial charge on any atom is -0.477 e. The van der Waals surface area contributed by atoms with E-state index in [0.29, 0.717) is 0 Å². The summed E-state index contributed by atoms with van der Waals surface area (Å²) in [5.74, 6) is -0.0823. The summed E-state index contributed by atoms with van der Waals surface area (Å²) in [7, 11) is 1.44. The summed E-state index contributed by atoms with van der Waals surface area (Å²) < 4.78 is 4.60. The maximum atomic E-state index is 10.9. The second-order valence-electron chi connectivity index (χ2n) is 2.92. The fraction of sp³-hybridized carbons (Fsp3) is 0.875. The Morgan fingerprint density at radius 2 is 2.09 bits per heavy atom. The molecule has 0 spiro atoms. The van der Waals surface area contributed by atoms with Crippen LogP contribution >= 0.6 is 0 Å². The van der Waals surface area contributed by atoms with Crippen molar-refractivity contribution in [2.45, 2.75) is 39.3 Å². The van der Waals surface area contributed by atoms with Gasteiger partial charge < -0.3 is 4.74 Å². The predicted octanol–water partition coefficient (Wildman–Crippen LogP) is 2.65. The molecular formula is C8H17BO2. The average Bonchev–Trinajstić information content (AvgIpc) is 2.03. The second kappa shape index (κ2) is 6.26. The van der Waals surface area contributed by atoms with Gasteiger partial charge in [0.2, 0.25) is 0 Å². The van der Waals surface area contributed by atoms with Gasteiger partial charge in [0.25, 0.3) is 12.6 Å². The molecule has 0 saturated carbocycles. The molecule has 3 heteroatoms. The summed E-state index contributed by atoms with van der Waals surface area (Å²) in [6.45, 7) is 4.15. The van der Waals surface area contributed by atoms with Gasteiger partial charge in [0, 0.05) is 0 Å². The molecule has 0 aliphatic carbocycles. The number of carbonyl (C=O) groups excluding carboxylic acids is 1. The summed E-state index contributed by atoms with van der Waals surface area (Å²) in [5.41, 5.74) is 0. The van der Waals surface area contributed by atoms with Gasteiger partial charge in [0.05, 0.1) is 7.11 Å². The van der Waals surface area contributed by atoms with Gasteiger partial charge in [-0.1, -0.05) is 39.3 Å². The first-order valence-electron chi connectivity index (χ1n) is 4.30. The van der Waals surface area contributed by atoms with Crippen LogP contribution in [0.3, 0.4) is 0 Å². The van der Waals surface area contributed by atoms with Gasteiger partial charge in [-0.3, -0.25) is 4.79 Å². The molecule has 0 unspecified atom stereocenters. The number of carbonyl (C=O) groups is 1. The van der Waals surface area contributed by atoms with E-state index < -0.39 is 0 Å². The van der Waals surface area contributed by atoms with Crippen molar-refractivity contribution in [2.75, 3.05) is 7.11 Å². The van der Waals surface area contributed by atoms with E-state index in [2.05, 4.69) is 11.7 Å². The third-order valence-electron chi connectivity index (χ3n) is 1.84. The second-order valence-corrected chi connectivity index (χ2v) is 2.92. The quantitative estimate of drug-likeness (QED) is 0.451. The molecule has 0 amide bonds. The largest absolute Gasteiger partial charge is 0.477 e. The highest BCUT2D eigenvalue weighted by molar-refractivity contribution is 6.87. The zero-order valence-corrected chi connectivity index (χ0v) is 7.72. The van der Waals surface area contributed by atoms with Crippen molar-refractivity contribution >= 4 is 12.6 Å². The van der Waals surface area contributed by atoms with E-state index in [9.17, 15) is 4.79 Å². The third-order valence-corrected chi connectivity index (χ3v) is 1.84. The lowest BCUT2D eigenvalue weighted by molar-refractivity contribution is 0.196. The number of methoxy groups -OCH3 is 1. The number of unbranched alkanes of at least 4 members (excludes halogenated alkanes) is 2. The van der Waals surface area contributed by atoms with Crippen LogP contribution in [0.2, 0.25) is 13.1 Å². The summed E-state index contributed by atoms with van der Waals surface area (Å²) in [5, 5.41) is 0. The van der Waals surface area contributed by atoms with Crippen LogP contribution in [0.1, 0.15) is 26.2 Å². The van der Waals surface area contributed by atoms with Crippen molar-refractivity contribution in [2.24, 2.45) is 0 Å². The molecule has 0 aromatic heterocycles. The van der Waals surface area contributed by atoms with Crippen LogP contribution in [0, 0.1) is 0 Å². The van der Waals surface area contributed by atoms with Gasteiger partial charge in [0.1, 0.15) is 0 Å². The van der Waals surface area contributed by atoms with Crippen LogP contribution in [0.4, 0.5) is 4.79 Å². The molecule has 0 saturated heterocycles. The fourth-order valence-electron chi connectivity index (χ4n) is 1.02. The monoisotopic (exact) mass is 156 g/mol. The van der Waals surface area contributed by atoms with Crippen LogP contribution in [-0.4, -0.2) is 19.7 Å². The molecule has 0 bridgehead atoms. The Balaban J connectivity index is 3.36. The van der Waals surface area contributed by atoms with E-state index in [-0.39, 0.29) is 12.6 Å². The molecule has 0 aliphatic rings. The van der Waals surface area contributed by atoms with Crippen molar-refractivity contribution in [3.8, 4) is 0 Å². The molecular weight excluding hydrogens is 139 g/mol. The SMILES string of the molecule is CCCCCB(C)C(=O)OC. The van der Waals surface area contributed by atoms with Gasteiger partial charge in [-0.25, -0.2) is 0 Å². The minimum atomic E-state index is -0.0823. The minimum absolute atomic E-state index is 0.0755. The zero-order valence-electron chi connectivity index (χ0n) is 7.72. The smallest absolute Gasteiger partial charge is 0.275 e. The normalized spacial score (nSPS) is 9.36. The first-order chi connectivity index (χ1) is 5.22. The molecule has 0 heterocycles. The molecule has 0 atom stereocenters. The number of hydrogen-bond donors (Lipinski definition) is 0. The van der Waals surface area contributed by atoms with Crippen molar-refractivity contribution in [1.82, 2.24) is 0 Å². The Bertz CT molecular complexity index is 115. The molecule has 64 valence electrons. The van der Waals surface area contributed by atoms with Gasteiger partial charge in [-0.15, -0.1) is 0 Å². The van der Waals surface area contributed by atoms with E-state index in [1.165, 1.54) is 20.0 Å². The molecule has 0 fully saturated rings. The lowest BCUT2D eigenvalue weighted by Gasteiger charge is -2.03. The van der Waals surface area contributed by atoms with Gasteiger partial charge in [-0.05, 0) is 0 Å². The summed E-state index contributed by atoms with van der Waals surface area (Å²) >= 11 is 0. The van der Waals surface area contributed by atoms with E-state index in [1.807, 2.05) is 6.82 Å². The highest BCUT2D eigenvalue weighted by atomic mass is 16.5. The Morgan fingerprint density at radius 1 is 1.45 bits per heavy atom. The number of rotatable bonds is 5. The predicted molar refractivity (Wildman–Crippen MR) is 48.4 cm³/mol. The molecule has 11 heavy (non-hydrogen) atoms. The molecule has 0 aromatic carbocycles. The van der Waals surface area contributed by atoms with Crippen molar-refractivity contribution in [3.05, 3.63) is 0 Å². The zero-order chi connectivity index (χ0) is 8.69. The molecule has 2 nitrogen and oxygen atoms in total. The summed E-state index contributed by atoms with van der Waals surface area (Å²) in [4.78, 5) is 10.9. The highest BCUT2D eigenvalue weighted by Gasteiger charge is 2.16. The maximum absolute atomic E-state index is 10.9. The van der Waals surface area contributed by atoms with E-state index in [4.69, 9.17) is 0 Å². The first-order valence-corrected chi connectivity index (χ1v) is 4.30. The first kappa shape index (κ1) is 10.5. The standard InChI is InChI=1S/C8H17BO2/c1-4-5-6-7-9(2)8(10)11-3/h4-7H2,1-3H3. The molecule has 0 rings (SSSR count). The Hall–Kier alpha value is -0.465. The van der Waals surface area contributed by atoms with Gasteiger partial charge in [-0.2, -0.15) is 0 Å². The number of ether oxygens (including phenoxy) is 1. The van der Waals surface area contributed by atoms with Crippen molar-refractivity contribution in [1.29, 1.82) is 0 Å². The van der Waals surface area contributed by atoms with Crippen LogP contribution in [-0.2, 0) is 4.74 Å². The van der Waals surface area contributed by atoms with Crippen molar-refractivity contribution < 1.29 is 9.53 Å². The van der Waals surface area contributed by atoms with E-state index in [1.54, 1.807) is 0 Å². The molecule has 0 N–H and O–H groups in total. The Morgan fingerprint density at radius 3 is 2.55 bits per heavy atom. The van der Waals surface area contributed by atoms with Crippen LogP contribution in [0.25, 0.3) is 0 Å². The topological polar surface area (TPSA) is 26.3 Å². The summed E-state index contributed by atoms with van der Waals surface area (Å²) in [6.07, 6.45) is 4.50. The highest BCUT2D eigenvalue weighted by Crippen LogP contribution is 2.05. The van der Waals surface area contributed by atoms with E-state index in [0.717, 1.165) is 12.7 Å². The van der Waals surface area contributed by atoms with Crippen LogP contribution in [0.15, 0.2) is 0 Å². The summed E-state index contributed by atoms with van der Waals surface area (Å²) in [6, 6.07) is 0. The maximum Gasteiger partial charge on any atom is 0.275 e.